The summed E-state index contributed by atoms with van der Waals surface area (Å²) in [5.74, 6) is 0. The molecule has 96 valence electrons. The van der Waals surface area contributed by atoms with Gasteiger partial charge in [-0.05, 0) is 31.1 Å². The van der Waals surface area contributed by atoms with Gasteiger partial charge >= 0.3 is 0 Å². The van der Waals surface area contributed by atoms with Crippen LogP contribution in [-0.2, 0) is 6.42 Å². The third-order valence-electron chi connectivity index (χ3n) is 2.87. The molecule has 0 fully saturated rings. The lowest BCUT2D eigenvalue weighted by molar-refractivity contribution is 0.587. The highest BCUT2D eigenvalue weighted by molar-refractivity contribution is 7.72. The van der Waals surface area contributed by atoms with Gasteiger partial charge in [0.25, 0.3) is 0 Å². The second kappa shape index (κ2) is 8.59. The fourth-order valence-electron chi connectivity index (χ4n) is 1.93. The molecule has 0 aromatic carbocycles. The van der Waals surface area contributed by atoms with Crippen LogP contribution in [0.25, 0.3) is 0 Å². The summed E-state index contributed by atoms with van der Waals surface area (Å²) in [5, 5.41) is 0. The molecule has 0 atom stereocenters. The number of nitrogens with one attached hydrogen (secondary N) is 2. The molecule has 1 heterocycles. The average Bonchev–Trinajstić information content (AvgIpc) is 2.26. The zero-order valence-corrected chi connectivity index (χ0v) is 12.2. The van der Waals surface area contributed by atoms with Crippen molar-refractivity contribution in [3.05, 3.63) is 21.2 Å². The Bertz CT molecular complexity index is 392. The number of rotatable bonds is 8. The maximum absolute atomic E-state index is 5.09. The second-order valence-electron chi connectivity index (χ2n) is 4.48. The number of aryl methyl sites for hydroxylation is 1. The summed E-state index contributed by atoms with van der Waals surface area (Å²) in [6.07, 6.45) is 10.4. The first-order valence-corrected chi connectivity index (χ1v) is 7.36. The van der Waals surface area contributed by atoms with Gasteiger partial charge in [0.1, 0.15) is 4.64 Å². The summed E-state index contributed by atoms with van der Waals surface area (Å²) in [6, 6.07) is 1.97. The number of hydrogen-bond donors (Lipinski definition) is 2. The molecule has 0 bridgehead atoms. The van der Waals surface area contributed by atoms with Crippen LogP contribution in [0.2, 0.25) is 0 Å². The van der Waals surface area contributed by atoms with E-state index in [1.807, 2.05) is 6.07 Å². The molecule has 4 heteroatoms. The van der Waals surface area contributed by atoms with E-state index in [4.69, 9.17) is 24.4 Å². The highest BCUT2D eigenvalue weighted by Gasteiger charge is 1.95. The van der Waals surface area contributed by atoms with Crippen LogP contribution >= 0.6 is 24.4 Å². The standard InChI is InChI=1S/C13H22N2S2/c1-2-3-4-5-6-7-8-9-11-10-12(16)15-13(17)14-11/h10H,2-9H2,1H3,(H2,14,15,16,17). The lowest BCUT2D eigenvalue weighted by Crippen LogP contribution is -1.93. The van der Waals surface area contributed by atoms with Crippen LogP contribution in [0.4, 0.5) is 0 Å². The summed E-state index contributed by atoms with van der Waals surface area (Å²) in [7, 11) is 0. The molecule has 0 radical (unpaired) electrons. The fraction of sp³-hybridized carbons (Fsp3) is 0.692. The van der Waals surface area contributed by atoms with E-state index in [1.54, 1.807) is 0 Å². The predicted octanol–water partition coefficient (Wildman–Crippen LogP) is 5.09. The minimum atomic E-state index is 0.635. The van der Waals surface area contributed by atoms with Crippen LogP contribution in [0.3, 0.4) is 0 Å². The first-order chi connectivity index (χ1) is 8.22. The van der Waals surface area contributed by atoms with Crippen molar-refractivity contribution in [3.8, 4) is 0 Å². The number of aromatic nitrogens is 2. The number of aromatic amines is 2. The quantitative estimate of drug-likeness (QED) is 0.509. The normalized spacial score (nSPS) is 10.6. The van der Waals surface area contributed by atoms with Crippen LogP contribution in [0, 0.1) is 9.41 Å². The molecule has 0 aliphatic heterocycles. The summed E-state index contributed by atoms with van der Waals surface area (Å²) in [6.45, 7) is 2.25. The monoisotopic (exact) mass is 270 g/mol. The molecule has 0 saturated heterocycles. The van der Waals surface area contributed by atoms with Crippen molar-refractivity contribution in [2.75, 3.05) is 0 Å². The number of H-pyrrole nitrogens is 2. The van der Waals surface area contributed by atoms with Gasteiger partial charge in [-0.25, -0.2) is 0 Å². The van der Waals surface area contributed by atoms with E-state index < -0.39 is 0 Å². The Morgan fingerprint density at radius 3 is 2.24 bits per heavy atom. The van der Waals surface area contributed by atoms with Crippen LogP contribution in [-0.4, -0.2) is 9.97 Å². The van der Waals surface area contributed by atoms with E-state index >= 15 is 0 Å². The third-order valence-corrected chi connectivity index (χ3v) is 3.29. The minimum Gasteiger partial charge on any atom is -0.336 e. The van der Waals surface area contributed by atoms with E-state index in [0.717, 1.165) is 16.8 Å². The molecular weight excluding hydrogens is 248 g/mol. The van der Waals surface area contributed by atoms with E-state index in [2.05, 4.69) is 16.9 Å². The Morgan fingerprint density at radius 1 is 0.941 bits per heavy atom. The van der Waals surface area contributed by atoms with Crippen LogP contribution in [0.5, 0.6) is 0 Å². The highest BCUT2D eigenvalue weighted by atomic mass is 32.1. The molecule has 1 rings (SSSR count). The van der Waals surface area contributed by atoms with Crippen molar-refractivity contribution in [2.45, 2.75) is 58.3 Å². The Balaban J connectivity index is 2.18. The molecule has 2 N–H and O–H groups in total. The van der Waals surface area contributed by atoms with Crippen LogP contribution in [0.15, 0.2) is 6.07 Å². The van der Waals surface area contributed by atoms with Gasteiger partial charge in [0, 0.05) is 5.69 Å². The van der Waals surface area contributed by atoms with Gasteiger partial charge in [0.05, 0.1) is 0 Å². The van der Waals surface area contributed by atoms with E-state index in [0.29, 0.717) is 4.77 Å². The molecule has 0 amide bonds. The predicted molar refractivity (Wildman–Crippen MR) is 78.5 cm³/mol. The largest absolute Gasteiger partial charge is 0.336 e. The van der Waals surface area contributed by atoms with Gasteiger partial charge in [-0.1, -0.05) is 57.7 Å². The van der Waals surface area contributed by atoms with Crippen molar-refractivity contribution in [3.63, 3.8) is 0 Å². The fourth-order valence-corrected chi connectivity index (χ4v) is 2.48. The molecule has 1 aromatic heterocycles. The summed E-state index contributed by atoms with van der Waals surface area (Å²) < 4.78 is 1.36. The SMILES string of the molecule is CCCCCCCCCc1cc(=S)[nH]c(=S)[nH]1. The zero-order valence-electron chi connectivity index (χ0n) is 10.6. The average molecular weight is 270 g/mol. The molecule has 1 aromatic rings. The maximum atomic E-state index is 5.09. The molecule has 0 saturated carbocycles. The van der Waals surface area contributed by atoms with Crippen molar-refractivity contribution in [1.29, 1.82) is 0 Å². The lowest BCUT2D eigenvalue weighted by atomic mass is 10.1. The van der Waals surface area contributed by atoms with E-state index in [9.17, 15) is 0 Å². The van der Waals surface area contributed by atoms with Gasteiger partial charge < -0.3 is 9.97 Å². The van der Waals surface area contributed by atoms with Gasteiger partial charge in [-0.2, -0.15) is 0 Å². The molecule has 0 aliphatic carbocycles. The molecule has 0 aliphatic rings. The first-order valence-electron chi connectivity index (χ1n) is 6.55. The van der Waals surface area contributed by atoms with Crippen molar-refractivity contribution >= 4 is 24.4 Å². The third kappa shape index (κ3) is 6.74. The highest BCUT2D eigenvalue weighted by Crippen LogP contribution is 2.09. The summed E-state index contributed by atoms with van der Waals surface area (Å²) in [5.41, 5.74) is 1.16. The molecule has 17 heavy (non-hydrogen) atoms. The van der Waals surface area contributed by atoms with Gasteiger partial charge in [0.15, 0.2) is 4.77 Å². The smallest absolute Gasteiger partial charge is 0.175 e. The Morgan fingerprint density at radius 2 is 1.59 bits per heavy atom. The Kier molecular flexibility index (Phi) is 7.37. The summed E-state index contributed by atoms with van der Waals surface area (Å²) in [4.78, 5) is 6.06. The molecule has 2 nitrogen and oxygen atoms in total. The van der Waals surface area contributed by atoms with E-state index in [-0.39, 0.29) is 0 Å². The number of unbranched alkanes of at least 4 members (excludes halogenated alkanes) is 6. The molecule has 0 unspecified atom stereocenters. The van der Waals surface area contributed by atoms with Crippen LogP contribution < -0.4 is 0 Å². The number of hydrogen-bond acceptors (Lipinski definition) is 2. The van der Waals surface area contributed by atoms with Crippen LogP contribution in [0.1, 0.15) is 57.6 Å². The first kappa shape index (κ1) is 14.6. The minimum absolute atomic E-state index is 0.635. The Hall–Kier alpha value is -0.480. The summed E-state index contributed by atoms with van der Waals surface area (Å²) >= 11 is 10.2. The molecule has 0 spiro atoms. The maximum Gasteiger partial charge on any atom is 0.175 e. The lowest BCUT2D eigenvalue weighted by Gasteiger charge is -2.02. The second-order valence-corrected chi connectivity index (χ2v) is 5.33. The topological polar surface area (TPSA) is 31.6 Å². The zero-order chi connectivity index (χ0) is 12.5. The van der Waals surface area contributed by atoms with Crippen molar-refractivity contribution < 1.29 is 0 Å². The Labute approximate surface area is 114 Å². The van der Waals surface area contributed by atoms with Crippen molar-refractivity contribution in [1.82, 2.24) is 9.97 Å². The van der Waals surface area contributed by atoms with Crippen molar-refractivity contribution in [2.24, 2.45) is 0 Å². The van der Waals surface area contributed by atoms with Gasteiger partial charge in [0.2, 0.25) is 0 Å². The van der Waals surface area contributed by atoms with Gasteiger partial charge in [-0.3, -0.25) is 0 Å². The molecular formula is C13H22N2S2. The van der Waals surface area contributed by atoms with E-state index in [1.165, 1.54) is 44.9 Å². The van der Waals surface area contributed by atoms with Gasteiger partial charge in [-0.15, -0.1) is 0 Å².